The number of hydrogen-bond donors (Lipinski definition) is 2. The summed E-state index contributed by atoms with van der Waals surface area (Å²) in [5, 5.41) is 6.25. The highest BCUT2D eigenvalue weighted by molar-refractivity contribution is 6.04. The Morgan fingerprint density at radius 2 is 1.78 bits per heavy atom. The quantitative estimate of drug-likeness (QED) is 0.763. The van der Waals surface area contributed by atoms with Gasteiger partial charge < -0.3 is 25.0 Å². The highest BCUT2D eigenvalue weighted by Gasteiger charge is 2.24. The minimum atomic E-state index is -0.211. The SMILES string of the molecule is COc1cc(NC(=O)CC(C)C2CCNCC2)c(C(=O)N(C)C)cc1OC. The Bertz CT molecular complexity index is 669. The molecule has 0 radical (unpaired) electrons. The largest absolute Gasteiger partial charge is 0.493 e. The van der Waals surface area contributed by atoms with Crippen LogP contribution in [0.4, 0.5) is 5.69 Å². The van der Waals surface area contributed by atoms with E-state index >= 15 is 0 Å². The molecule has 7 nitrogen and oxygen atoms in total. The summed E-state index contributed by atoms with van der Waals surface area (Å²) in [5.41, 5.74) is 0.814. The lowest BCUT2D eigenvalue weighted by atomic mass is 9.84. The summed E-state index contributed by atoms with van der Waals surface area (Å²) in [7, 11) is 6.38. The van der Waals surface area contributed by atoms with Gasteiger partial charge in [0.2, 0.25) is 5.91 Å². The summed E-state index contributed by atoms with van der Waals surface area (Å²) in [5.74, 6) is 1.45. The normalized spacial score (nSPS) is 15.7. The zero-order valence-corrected chi connectivity index (χ0v) is 16.9. The summed E-state index contributed by atoms with van der Waals surface area (Å²) in [6.07, 6.45) is 2.61. The molecule has 1 aliphatic rings. The summed E-state index contributed by atoms with van der Waals surface area (Å²) in [6, 6.07) is 3.25. The number of benzene rings is 1. The van der Waals surface area contributed by atoms with E-state index in [0.29, 0.717) is 41.0 Å². The van der Waals surface area contributed by atoms with Crippen molar-refractivity contribution in [1.29, 1.82) is 0 Å². The standard InChI is InChI=1S/C20H31N3O4/c1-13(14-6-8-21-9-7-14)10-19(24)22-16-12-18(27-5)17(26-4)11-15(16)20(25)23(2)3/h11-14,21H,6-10H2,1-5H3,(H,22,24). The second kappa shape index (κ2) is 9.60. The van der Waals surface area contributed by atoms with E-state index in [9.17, 15) is 9.59 Å². The van der Waals surface area contributed by atoms with Crippen LogP contribution in [0.2, 0.25) is 0 Å². The molecule has 2 N–H and O–H groups in total. The molecule has 1 heterocycles. The third-order valence-corrected chi connectivity index (χ3v) is 5.13. The zero-order chi connectivity index (χ0) is 20.0. The number of carbonyl (C=O) groups is 2. The summed E-state index contributed by atoms with van der Waals surface area (Å²) >= 11 is 0. The van der Waals surface area contributed by atoms with Gasteiger partial charge in [0.05, 0.1) is 25.5 Å². The number of piperidine rings is 1. The molecule has 1 aliphatic heterocycles. The van der Waals surface area contributed by atoms with Crippen LogP contribution >= 0.6 is 0 Å². The highest BCUT2D eigenvalue weighted by Crippen LogP contribution is 2.34. The maximum Gasteiger partial charge on any atom is 0.255 e. The Balaban J connectivity index is 2.19. The van der Waals surface area contributed by atoms with E-state index < -0.39 is 0 Å². The van der Waals surface area contributed by atoms with E-state index in [2.05, 4.69) is 17.6 Å². The molecule has 150 valence electrons. The molecule has 1 unspecified atom stereocenters. The average Bonchev–Trinajstić information content (AvgIpc) is 2.67. The number of nitrogens with zero attached hydrogens (tertiary/aromatic N) is 1. The van der Waals surface area contributed by atoms with Gasteiger partial charge in [0.25, 0.3) is 5.91 Å². The minimum absolute atomic E-state index is 0.0962. The molecule has 0 bridgehead atoms. The van der Waals surface area contributed by atoms with Crippen LogP contribution in [0.25, 0.3) is 0 Å². The molecule has 0 saturated carbocycles. The number of nitrogens with one attached hydrogen (secondary N) is 2. The van der Waals surface area contributed by atoms with E-state index in [1.165, 1.54) is 19.1 Å². The van der Waals surface area contributed by atoms with Crippen LogP contribution in [0, 0.1) is 11.8 Å². The molecular weight excluding hydrogens is 346 g/mol. The lowest BCUT2D eigenvalue weighted by molar-refractivity contribution is -0.117. The van der Waals surface area contributed by atoms with Crippen LogP contribution in [-0.2, 0) is 4.79 Å². The molecule has 27 heavy (non-hydrogen) atoms. The van der Waals surface area contributed by atoms with Crippen molar-refractivity contribution in [1.82, 2.24) is 10.2 Å². The number of amides is 2. The fourth-order valence-corrected chi connectivity index (χ4v) is 3.47. The Morgan fingerprint density at radius 3 is 2.33 bits per heavy atom. The molecular formula is C20H31N3O4. The maximum absolute atomic E-state index is 12.6. The van der Waals surface area contributed by atoms with Crippen LogP contribution in [0.1, 0.15) is 36.5 Å². The second-order valence-corrected chi connectivity index (χ2v) is 7.27. The van der Waals surface area contributed by atoms with Crippen molar-refractivity contribution < 1.29 is 19.1 Å². The van der Waals surface area contributed by atoms with Crippen LogP contribution in [-0.4, -0.2) is 58.1 Å². The smallest absolute Gasteiger partial charge is 0.255 e. The molecule has 2 amide bonds. The molecule has 7 heteroatoms. The Hall–Kier alpha value is -2.28. The maximum atomic E-state index is 12.6. The Kier molecular flexibility index (Phi) is 7.47. The molecule has 2 rings (SSSR count). The van der Waals surface area contributed by atoms with Gasteiger partial charge in [0, 0.05) is 26.6 Å². The summed E-state index contributed by atoms with van der Waals surface area (Å²) < 4.78 is 10.6. The third-order valence-electron chi connectivity index (χ3n) is 5.13. The van der Waals surface area contributed by atoms with Gasteiger partial charge >= 0.3 is 0 Å². The number of ether oxygens (including phenoxy) is 2. The fraction of sp³-hybridized carbons (Fsp3) is 0.600. The molecule has 1 aromatic rings. The average molecular weight is 377 g/mol. The molecule has 1 atom stereocenters. The van der Waals surface area contributed by atoms with Crippen LogP contribution in [0.3, 0.4) is 0 Å². The third kappa shape index (κ3) is 5.35. The first-order valence-electron chi connectivity index (χ1n) is 9.35. The van der Waals surface area contributed by atoms with Gasteiger partial charge in [0.1, 0.15) is 0 Å². The van der Waals surface area contributed by atoms with Gasteiger partial charge in [-0.1, -0.05) is 6.92 Å². The number of methoxy groups -OCH3 is 2. The van der Waals surface area contributed by atoms with Gasteiger partial charge in [-0.3, -0.25) is 9.59 Å². The Labute approximate surface area is 161 Å². The lowest BCUT2D eigenvalue weighted by Gasteiger charge is -2.28. The van der Waals surface area contributed by atoms with Gasteiger partial charge in [-0.2, -0.15) is 0 Å². The first-order valence-corrected chi connectivity index (χ1v) is 9.35. The lowest BCUT2D eigenvalue weighted by Crippen LogP contribution is -2.32. The van der Waals surface area contributed by atoms with Crippen molar-refractivity contribution in [3.8, 4) is 11.5 Å². The number of anilines is 1. The zero-order valence-electron chi connectivity index (χ0n) is 16.9. The van der Waals surface area contributed by atoms with Gasteiger partial charge in [-0.05, 0) is 43.8 Å². The fourth-order valence-electron chi connectivity index (χ4n) is 3.47. The van der Waals surface area contributed by atoms with Crippen LogP contribution < -0.4 is 20.1 Å². The minimum Gasteiger partial charge on any atom is -0.493 e. The van der Waals surface area contributed by atoms with Crippen molar-refractivity contribution in [2.24, 2.45) is 11.8 Å². The first-order chi connectivity index (χ1) is 12.9. The van der Waals surface area contributed by atoms with Gasteiger partial charge in [0.15, 0.2) is 11.5 Å². The number of rotatable bonds is 7. The molecule has 1 saturated heterocycles. The van der Waals surface area contributed by atoms with Crippen molar-refractivity contribution in [3.63, 3.8) is 0 Å². The predicted octanol–water partition coefficient (Wildman–Crippen LogP) is 2.37. The predicted molar refractivity (Wildman–Crippen MR) is 106 cm³/mol. The van der Waals surface area contributed by atoms with Crippen LogP contribution in [0.5, 0.6) is 11.5 Å². The monoisotopic (exact) mass is 377 g/mol. The molecule has 0 spiro atoms. The summed E-state index contributed by atoms with van der Waals surface area (Å²) in [6.45, 7) is 4.14. The van der Waals surface area contributed by atoms with E-state index in [1.54, 1.807) is 26.2 Å². The van der Waals surface area contributed by atoms with E-state index in [1.807, 2.05) is 0 Å². The number of carbonyl (C=O) groups excluding carboxylic acids is 2. The van der Waals surface area contributed by atoms with Crippen molar-refractivity contribution in [2.45, 2.75) is 26.2 Å². The van der Waals surface area contributed by atoms with Gasteiger partial charge in [-0.15, -0.1) is 0 Å². The number of hydrogen-bond acceptors (Lipinski definition) is 5. The van der Waals surface area contributed by atoms with Crippen molar-refractivity contribution >= 4 is 17.5 Å². The molecule has 0 aromatic heterocycles. The van der Waals surface area contributed by atoms with E-state index in [0.717, 1.165) is 25.9 Å². The van der Waals surface area contributed by atoms with Crippen molar-refractivity contribution in [3.05, 3.63) is 17.7 Å². The van der Waals surface area contributed by atoms with E-state index in [-0.39, 0.29) is 11.8 Å². The highest BCUT2D eigenvalue weighted by atomic mass is 16.5. The second-order valence-electron chi connectivity index (χ2n) is 7.27. The molecule has 1 fully saturated rings. The van der Waals surface area contributed by atoms with E-state index in [4.69, 9.17) is 9.47 Å². The molecule has 1 aromatic carbocycles. The van der Waals surface area contributed by atoms with Gasteiger partial charge in [-0.25, -0.2) is 0 Å². The Morgan fingerprint density at radius 1 is 1.19 bits per heavy atom. The molecule has 0 aliphatic carbocycles. The van der Waals surface area contributed by atoms with Crippen molar-refractivity contribution in [2.75, 3.05) is 46.7 Å². The topological polar surface area (TPSA) is 79.9 Å². The first kappa shape index (κ1) is 21.0. The van der Waals surface area contributed by atoms with Crippen LogP contribution in [0.15, 0.2) is 12.1 Å². The summed E-state index contributed by atoms with van der Waals surface area (Å²) in [4.78, 5) is 26.7.